The summed E-state index contributed by atoms with van der Waals surface area (Å²) in [4.78, 5) is 14.9. The molecule has 2 N–H and O–H groups in total. The van der Waals surface area contributed by atoms with E-state index in [4.69, 9.17) is 16.7 Å². The minimum Gasteiger partial charge on any atom is -0.481 e. The SMILES string of the molecule is CCn1c([C@H](O)CC(=O)O)nc2ccc(Cl)cc21. The van der Waals surface area contributed by atoms with Gasteiger partial charge in [0.15, 0.2) is 0 Å². The van der Waals surface area contributed by atoms with E-state index in [9.17, 15) is 9.90 Å². The predicted octanol–water partition coefficient (Wildman–Crippen LogP) is 2.22. The molecule has 1 aromatic carbocycles. The summed E-state index contributed by atoms with van der Waals surface area (Å²) >= 11 is 5.92. The van der Waals surface area contributed by atoms with E-state index >= 15 is 0 Å². The molecule has 0 aliphatic carbocycles. The Morgan fingerprint density at radius 1 is 1.56 bits per heavy atom. The molecule has 5 nitrogen and oxygen atoms in total. The van der Waals surface area contributed by atoms with Gasteiger partial charge in [-0.1, -0.05) is 11.6 Å². The van der Waals surface area contributed by atoms with Gasteiger partial charge in [0, 0.05) is 11.6 Å². The number of hydrogen-bond donors (Lipinski definition) is 2. The Morgan fingerprint density at radius 3 is 2.89 bits per heavy atom. The third-order valence-electron chi connectivity index (χ3n) is 2.72. The molecule has 1 atom stereocenters. The molecule has 0 bridgehead atoms. The predicted molar refractivity (Wildman–Crippen MR) is 67.6 cm³/mol. The van der Waals surface area contributed by atoms with E-state index in [1.54, 1.807) is 22.8 Å². The number of aryl methyl sites for hydroxylation is 1. The summed E-state index contributed by atoms with van der Waals surface area (Å²) in [6, 6.07) is 5.22. The lowest BCUT2D eigenvalue weighted by Gasteiger charge is -2.10. The quantitative estimate of drug-likeness (QED) is 0.891. The molecule has 0 unspecified atom stereocenters. The number of benzene rings is 1. The molecule has 0 radical (unpaired) electrons. The number of fused-ring (bicyclic) bond motifs is 1. The number of aliphatic hydroxyl groups is 1. The third kappa shape index (κ3) is 2.32. The Morgan fingerprint density at radius 2 is 2.28 bits per heavy atom. The van der Waals surface area contributed by atoms with Crippen molar-refractivity contribution in [3.63, 3.8) is 0 Å². The number of carbonyl (C=O) groups is 1. The molecule has 0 amide bonds. The van der Waals surface area contributed by atoms with E-state index in [2.05, 4.69) is 4.98 Å². The van der Waals surface area contributed by atoms with Crippen molar-refractivity contribution in [3.05, 3.63) is 29.0 Å². The van der Waals surface area contributed by atoms with Crippen molar-refractivity contribution in [3.8, 4) is 0 Å². The molecule has 0 fully saturated rings. The lowest BCUT2D eigenvalue weighted by atomic mass is 10.2. The molecule has 2 rings (SSSR count). The Labute approximate surface area is 109 Å². The number of halogens is 1. The number of aliphatic carboxylic acids is 1. The number of hydrogen-bond acceptors (Lipinski definition) is 3. The van der Waals surface area contributed by atoms with Crippen LogP contribution in [0, 0.1) is 0 Å². The molecular formula is C12H13ClN2O3. The third-order valence-corrected chi connectivity index (χ3v) is 2.96. The molecule has 0 saturated heterocycles. The maximum Gasteiger partial charge on any atom is 0.306 e. The summed E-state index contributed by atoms with van der Waals surface area (Å²) in [5.41, 5.74) is 1.49. The standard InChI is InChI=1S/C12H13ClN2O3/c1-2-15-9-5-7(13)3-4-8(9)14-12(15)10(16)6-11(17)18/h3-5,10,16H,2,6H2,1H3,(H,17,18)/t10-/m1/s1. The minimum absolute atomic E-state index is 0.358. The molecule has 2 aromatic rings. The Hall–Kier alpha value is -1.59. The molecule has 0 aliphatic rings. The Bertz CT molecular complexity index is 594. The molecule has 96 valence electrons. The highest BCUT2D eigenvalue weighted by Crippen LogP contribution is 2.25. The van der Waals surface area contributed by atoms with Gasteiger partial charge < -0.3 is 14.8 Å². The van der Waals surface area contributed by atoms with E-state index < -0.39 is 12.1 Å². The van der Waals surface area contributed by atoms with Crippen LogP contribution in [0.3, 0.4) is 0 Å². The van der Waals surface area contributed by atoms with Crippen molar-refractivity contribution in [2.45, 2.75) is 26.0 Å². The van der Waals surface area contributed by atoms with Crippen molar-refractivity contribution in [1.29, 1.82) is 0 Å². The summed E-state index contributed by atoms with van der Waals surface area (Å²) < 4.78 is 1.77. The smallest absolute Gasteiger partial charge is 0.306 e. The topological polar surface area (TPSA) is 75.4 Å². The summed E-state index contributed by atoms with van der Waals surface area (Å²) in [5, 5.41) is 19.2. The average Bonchev–Trinajstić information content (AvgIpc) is 2.65. The number of aliphatic hydroxyl groups excluding tert-OH is 1. The fourth-order valence-corrected chi connectivity index (χ4v) is 2.12. The second kappa shape index (κ2) is 4.96. The normalized spacial score (nSPS) is 12.8. The van der Waals surface area contributed by atoms with Gasteiger partial charge in [-0.25, -0.2) is 4.98 Å². The molecule has 18 heavy (non-hydrogen) atoms. The zero-order valence-corrected chi connectivity index (χ0v) is 10.6. The maximum absolute atomic E-state index is 10.6. The maximum atomic E-state index is 10.6. The van der Waals surface area contributed by atoms with Crippen LogP contribution < -0.4 is 0 Å². The molecule has 6 heteroatoms. The number of rotatable bonds is 4. The van der Waals surface area contributed by atoms with Crippen molar-refractivity contribution in [2.75, 3.05) is 0 Å². The van der Waals surface area contributed by atoms with Gasteiger partial charge in [0.1, 0.15) is 11.9 Å². The van der Waals surface area contributed by atoms with Crippen LogP contribution in [-0.4, -0.2) is 25.7 Å². The van der Waals surface area contributed by atoms with Gasteiger partial charge in [-0.15, -0.1) is 0 Å². The van der Waals surface area contributed by atoms with Gasteiger partial charge in [0.2, 0.25) is 0 Å². The lowest BCUT2D eigenvalue weighted by molar-refractivity contribution is -0.139. The van der Waals surface area contributed by atoms with Crippen LogP contribution in [0.4, 0.5) is 0 Å². The van der Waals surface area contributed by atoms with E-state index in [0.717, 1.165) is 5.52 Å². The van der Waals surface area contributed by atoms with Gasteiger partial charge in [-0.05, 0) is 25.1 Å². The van der Waals surface area contributed by atoms with Crippen molar-refractivity contribution in [2.24, 2.45) is 0 Å². The van der Waals surface area contributed by atoms with Crippen LogP contribution in [0.2, 0.25) is 5.02 Å². The summed E-state index contributed by atoms with van der Waals surface area (Å²) in [6.07, 6.45) is -1.48. The summed E-state index contributed by atoms with van der Waals surface area (Å²) in [6.45, 7) is 2.49. The van der Waals surface area contributed by atoms with E-state index in [-0.39, 0.29) is 6.42 Å². The zero-order chi connectivity index (χ0) is 13.3. The highest BCUT2D eigenvalue weighted by molar-refractivity contribution is 6.31. The summed E-state index contributed by atoms with van der Waals surface area (Å²) in [7, 11) is 0. The second-order valence-corrected chi connectivity index (χ2v) is 4.40. The average molecular weight is 269 g/mol. The van der Waals surface area contributed by atoms with E-state index in [0.29, 0.717) is 22.9 Å². The molecule has 0 aliphatic heterocycles. The van der Waals surface area contributed by atoms with Crippen molar-refractivity contribution >= 4 is 28.6 Å². The molecule has 0 spiro atoms. The largest absolute Gasteiger partial charge is 0.481 e. The lowest BCUT2D eigenvalue weighted by Crippen LogP contribution is -2.11. The first-order valence-electron chi connectivity index (χ1n) is 5.58. The number of carboxylic acids is 1. The first-order valence-corrected chi connectivity index (χ1v) is 5.96. The Balaban J connectivity index is 2.53. The fourth-order valence-electron chi connectivity index (χ4n) is 1.96. The van der Waals surface area contributed by atoms with Crippen LogP contribution in [0.1, 0.15) is 25.3 Å². The van der Waals surface area contributed by atoms with Crippen LogP contribution in [0.25, 0.3) is 11.0 Å². The van der Waals surface area contributed by atoms with Gasteiger partial charge in [-0.2, -0.15) is 0 Å². The molecule has 0 saturated carbocycles. The van der Waals surface area contributed by atoms with Gasteiger partial charge in [-0.3, -0.25) is 4.79 Å². The van der Waals surface area contributed by atoms with E-state index in [1.165, 1.54) is 0 Å². The van der Waals surface area contributed by atoms with Crippen LogP contribution >= 0.6 is 11.6 Å². The first kappa shape index (κ1) is 12.9. The zero-order valence-electron chi connectivity index (χ0n) is 9.80. The number of aromatic nitrogens is 2. The minimum atomic E-state index is -1.12. The van der Waals surface area contributed by atoms with Gasteiger partial charge >= 0.3 is 5.97 Å². The van der Waals surface area contributed by atoms with Gasteiger partial charge in [0.25, 0.3) is 0 Å². The Kier molecular flexibility index (Phi) is 3.54. The van der Waals surface area contributed by atoms with Gasteiger partial charge in [0.05, 0.1) is 17.5 Å². The highest BCUT2D eigenvalue weighted by Gasteiger charge is 2.20. The highest BCUT2D eigenvalue weighted by atomic mass is 35.5. The molecule has 1 heterocycles. The fraction of sp³-hybridized carbons (Fsp3) is 0.333. The number of imidazole rings is 1. The van der Waals surface area contributed by atoms with Crippen LogP contribution in [0.15, 0.2) is 18.2 Å². The monoisotopic (exact) mass is 268 g/mol. The molecule has 1 aromatic heterocycles. The first-order chi connectivity index (χ1) is 8.52. The second-order valence-electron chi connectivity index (χ2n) is 3.96. The van der Waals surface area contributed by atoms with Crippen LogP contribution in [0.5, 0.6) is 0 Å². The van der Waals surface area contributed by atoms with Crippen LogP contribution in [-0.2, 0) is 11.3 Å². The number of nitrogens with zero attached hydrogens (tertiary/aromatic N) is 2. The van der Waals surface area contributed by atoms with Crippen molar-refractivity contribution in [1.82, 2.24) is 9.55 Å². The summed E-state index contributed by atoms with van der Waals surface area (Å²) in [5.74, 6) is -0.701. The van der Waals surface area contributed by atoms with E-state index in [1.807, 2.05) is 6.92 Å². The van der Waals surface area contributed by atoms with Crippen molar-refractivity contribution < 1.29 is 15.0 Å². The number of carboxylic acid groups (broad SMARTS) is 1. The molecular weight excluding hydrogens is 256 g/mol.